The largest absolute Gasteiger partial charge is 0.482 e. The lowest BCUT2D eigenvalue weighted by Crippen LogP contribution is -2.49. The van der Waals surface area contributed by atoms with Crippen LogP contribution in [-0.2, 0) is 14.3 Å². The van der Waals surface area contributed by atoms with Crippen LogP contribution in [0, 0.1) is 11.8 Å². The first-order valence-corrected chi connectivity index (χ1v) is 9.56. The van der Waals surface area contributed by atoms with E-state index >= 15 is 0 Å². The maximum absolute atomic E-state index is 12.9. The molecule has 3 atom stereocenters. The summed E-state index contributed by atoms with van der Waals surface area (Å²) in [6, 6.07) is 7.21. The number of amides is 1. The standard InChI is InChI=1S/C20H28ClNO4/c1-14-8-4-6-10-17(14)22(12-15(2)20(24)25-3)19(23)13-26-18-11-7-5-9-16(18)21/h5,7,9,11,14-15,17H,4,6,8,10,12-13H2,1-3H3. The fraction of sp³-hybridized carbons (Fsp3) is 0.600. The highest BCUT2D eigenvalue weighted by Crippen LogP contribution is 2.29. The number of carbonyl (C=O) groups is 2. The summed E-state index contributed by atoms with van der Waals surface area (Å²) in [4.78, 5) is 26.6. The van der Waals surface area contributed by atoms with Crippen LogP contribution >= 0.6 is 11.6 Å². The predicted molar refractivity (Wildman–Crippen MR) is 101 cm³/mol. The summed E-state index contributed by atoms with van der Waals surface area (Å²) < 4.78 is 10.5. The molecule has 0 heterocycles. The second kappa shape index (κ2) is 9.81. The SMILES string of the molecule is COC(=O)C(C)CN(C(=O)COc1ccccc1Cl)C1CCCCC1C. The summed E-state index contributed by atoms with van der Waals surface area (Å²) in [6.45, 7) is 4.20. The number of rotatable bonds is 7. The molecule has 1 aromatic carbocycles. The molecule has 1 aliphatic rings. The van der Waals surface area contributed by atoms with Crippen molar-refractivity contribution in [3.8, 4) is 5.75 Å². The van der Waals surface area contributed by atoms with Gasteiger partial charge in [0.25, 0.3) is 5.91 Å². The predicted octanol–water partition coefficient (Wildman–Crippen LogP) is 3.94. The lowest BCUT2D eigenvalue weighted by molar-refractivity contribution is -0.148. The van der Waals surface area contributed by atoms with Crippen molar-refractivity contribution in [2.24, 2.45) is 11.8 Å². The minimum absolute atomic E-state index is 0.0964. The van der Waals surface area contributed by atoms with Crippen molar-refractivity contribution in [3.05, 3.63) is 29.3 Å². The van der Waals surface area contributed by atoms with Crippen molar-refractivity contribution >= 4 is 23.5 Å². The molecule has 1 aliphatic carbocycles. The summed E-state index contributed by atoms with van der Waals surface area (Å²) >= 11 is 6.09. The number of methoxy groups -OCH3 is 1. The molecule has 5 nitrogen and oxygen atoms in total. The first-order valence-electron chi connectivity index (χ1n) is 9.18. The Morgan fingerprint density at radius 3 is 2.62 bits per heavy atom. The lowest BCUT2D eigenvalue weighted by atomic mass is 9.84. The average Bonchev–Trinajstić information content (AvgIpc) is 2.65. The topological polar surface area (TPSA) is 55.8 Å². The van der Waals surface area contributed by atoms with E-state index in [1.54, 1.807) is 19.1 Å². The Bertz CT molecular complexity index is 622. The van der Waals surface area contributed by atoms with Gasteiger partial charge < -0.3 is 14.4 Å². The van der Waals surface area contributed by atoms with Gasteiger partial charge >= 0.3 is 5.97 Å². The third-order valence-electron chi connectivity index (χ3n) is 5.05. The van der Waals surface area contributed by atoms with Crippen LogP contribution in [0.2, 0.25) is 5.02 Å². The molecule has 144 valence electrons. The van der Waals surface area contributed by atoms with E-state index in [4.69, 9.17) is 21.1 Å². The van der Waals surface area contributed by atoms with Gasteiger partial charge in [-0.15, -0.1) is 0 Å². The molecule has 26 heavy (non-hydrogen) atoms. The molecule has 0 bridgehead atoms. The highest BCUT2D eigenvalue weighted by Gasteiger charge is 2.33. The van der Waals surface area contributed by atoms with E-state index in [0.29, 0.717) is 23.2 Å². The molecule has 0 aromatic heterocycles. The minimum Gasteiger partial charge on any atom is -0.482 e. The van der Waals surface area contributed by atoms with E-state index in [1.165, 1.54) is 13.5 Å². The van der Waals surface area contributed by atoms with Gasteiger partial charge in [0.1, 0.15) is 5.75 Å². The van der Waals surface area contributed by atoms with Gasteiger partial charge in [0.05, 0.1) is 18.1 Å². The molecule has 2 rings (SSSR count). The Labute approximate surface area is 160 Å². The number of halogens is 1. The molecule has 0 radical (unpaired) electrons. The Balaban J connectivity index is 2.09. The van der Waals surface area contributed by atoms with Gasteiger partial charge in [0.15, 0.2) is 6.61 Å². The number of para-hydroxylation sites is 1. The van der Waals surface area contributed by atoms with Crippen LogP contribution in [0.25, 0.3) is 0 Å². The van der Waals surface area contributed by atoms with Crippen LogP contribution in [0.4, 0.5) is 0 Å². The van der Waals surface area contributed by atoms with Gasteiger partial charge in [-0.2, -0.15) is 0 Å². The van der Waals surface area contributed by atoms with E-state index in [-0.39, 0.29) is 30.4 Å². The van der Waals surface area contributed by atoms with E-state index in [1.807, 2.05) is 17.0 Å². The molecule has 6 heteroatoms. The normalized spacial score (nSPS) is 20.9. The monoisotopic (exact) mass is 381 g/mol. The molecule has 3 unspecified atom stereocenters. The van der Waals surface area contributed by atoms with Gasteiger partial charge in [0, 0.05) is 12.6 Å². The second-order valence-electron chi connectivity index (χ2n) is 7.02. The zero-order valence-corrected chi connectivity index (χ0v) is 16.5. The van der Waals surface area contributed by atoms with Crippen LogP contribution < -0.4 is 4.74 Å². The number of benzene rings is 1. The number of hydrogen-bond acceptors (Lipinski definition) is 4. The van der Waals surface area contributed by atoms with Gasteiger partial charge in [-0.05, 0) is 30.9 Å². The molecule has 1 saturated carbocycles. The highest BCUT2D eigenvalue weighted by molar-refractivity contribution is 6.32. The molecule has 1 aromatic rings. The highest BCUT2D eigenvalue weighted by atomic mass is 35.5. The molecule has 0 N–H and O–H groups in total. The molecule has 0 saturated heterocycles. The summed E-state index contributed by atoms with van der Waals surface area (Å²) in [5.41, 5.74) is 0. The number of esters is 1. The van der Waals surface area contributed by atoms with E-state index in [0.717, 1.165) is 19.3 Å². The van der Waals surface area contributed by atoms with Gasteiger partial charge in [-0.25, -0.2) is 0 Å². The third-order valence-corrected chi connectivity index (χ3v) is 5.36. The van der Waals surface area contributed by atoms with Crippen LogP contribution in [-0.4, -0.2) is 43.1 Å². The molecule has 1 fully saturated rings. The smallest absolute Gasteiger partial charge is 0.310 e. The maximum Gasteiger partial charge on any atom is 0.310 e. The number of ether oxygens (including phenoxy) is 2. The van der Waals surface area contributed by atoms with Crippen molar-refractivity contribution in [3.63, 3.8) is 0 Å². The van der Waals surface area contributed by atoms with Crippen molar-refractivity contribution in [2.75, 3.05) is 20.3 Å². The first-order chi connectivity index (χ1) is 12.4. The van der Waals surface area contributed by atoms with Gasteiger partial charge in [0.2, 0.25) is 0 Å². The Morgan fingerprint density at radius 1 is 1.27 bits per heavy atom. The van der Waals surface area contributed by atoms with Crippen LogP contribution in [0.3, 0.4) is 0 Å². The van der Waals surface area contributed by atoms with E-state index < -0.39 is 0 Å². The Hall–Kier alpha value is -1.75. The van der Waals surface area contributed by atoms with Crippen LogP contribution in [0.1, 0.15) is 39.5 Å². The quantitative estimate of drug-likeness (QED) is 0.671. The van der Waals surface area contributed by atoms with Crippen molar-refractivity contribution in [2.45, 2.75) is 45.6 Å². The Kier molecular flexibility index (Phi) is 7.76. The molecular formula is C20H28ClNO4. The fourth-order valence-corrected chi connectivity index (χ4v) is 3.73. The number of carbonyl (C=O) groups excluding carboxylic acids is 2. The average molecular weight is 382 g/mol. The molecular weight excluding hydrogens is 354 g/mol. The molecule has 0 spiro atoms. The minimum atomic E-state index is -0.376. The third kappa shape index (κ3) is 5.37. The number of nitrogens with zero attached hydrogens (tertiary/aromatic N) is 1. The Morgan fingerprint density at radius 2 is 1.96 bits per heavy atom. The summed E-state index contributed by atoms with van der Waals surface area (Å²) in [5.74, 6) is 0.0779. The zero-order chi connectivity index (χ0) is 19.1. The van der Waals surface area contributed by atoms with Crippen LogP contribution in [0.15, 0.2) is 24.3 Å². The van der Waals surface area contributed by atoms with E-state index in [2.05, 4.69) is 6.92 Å². The van der Waals surface area contributed by atoms with Crippen molar-refractivity contribution in [1.82, 2.24) is 4.90 Å². The maximum atomic E-state index is 12.9. The van der Waals surface area contributed by atoms with E-state index in [9.17, 15) is 9.59 Å². The van der Waals surface area contributed by atoms with Gasteiger partial charge in [-0.1, -0.05) is 50.4 Å². The summed E-state index contributed by atoms with van der Waals surface area (Å²) in [7, 11) is 1.37. The van der Waals surface area contributed by atoms with Crippen molar-refractivity contribution in [1.29, 1.82) is 0 Å². The molecule has 0 aliphatic heterocycles. The molecule has 1 amide bonds. The van der Waals surface area contributed by atoms with Gasteiger partial charge in [-0.3, -0.25) is 9.59 Å². The summed E-state index contributed by atoms with van der Waals surface area (Å²) in [5, 5.41) is 0.473. The lowest BCUT2D eigenvalue weighted by Gasteiger charge is -2.39. The summed E-state index contributed by atoms with van der Waals surface area (Å²) in [6.07, 6.45) is 4.32. The number of hydrogen-bond donors (Lipinski definition) is 0. The van der Waals surface area contributed by atoms with Crippen molar-refractivity contribution < 1.29 is 19.1 Å². The zero-order valence-electron chi connectivity index (χ0n) is 15.7. The fourth-order valence-electron chi connectivity index (χ4n) is 3.54. The second-order valence-corrected chi connectivity index (χ2v) is 7.43. The first kappa shape index (κ1) is 20.6. The van der Waals surface area contributed by atoms with Crippen LogP contribution in [0.5, 0.6) is 5.75 Å².